The molecular weight excluding hydrogens is 491 g/mol. The third kappa shape index (κ3) is 4.93. The Bertz CT molecular complexity index is 127. The van der Waals surface area contributed by atoms with Gasteiger partial charge in [-0.05, 0) is 0 Å². The molecule has 1 aliphatic heterocycles. The molecule has 0 saturated carbocycles. The van der Waals surface area contributed by atoms with Gasteiger partial charge in [0.2, 0.25) is 0 Å². The van der Waals surface area contributed by atoms with Crippen LogP contribution in [0.5, 0.6) is 0 Å². The zero-order valence-electron chi connectivity index (χ0n) is 8.64. The zero-order chi connectivity index (χ0) is 9.24. The summed E-state index contributed by atoms with van der Waals surface area (Å²) < 4.78 is 7.07. The summed E-state index contributed by atoms with van der Waals surface area (Å²) in [6.45, 7) is 0. The van der Waals surface area contributed by atoms with E-state index < -0.39 is 36.8 Å². The Balaban J connectivity index is 2.45. The molecule has 0 nitrogen and oxygen atoms in total. The minimum atomic E-state index is -1.34. The molecule has 0 N–H and O–H groups in total. The predicted molar refractivity (Wildman–Crippen MR) is 65.7 cm³/mol. The summed E-state index contributed by atoms with van der Waals surface area (Å²) in [5, 5.41) is 0. The molecule has 72 valence electrons. The molecule has 0 aliphatic carbocycles. The molecule has 4 heteroatoms. The fourth-order valence-corrected chi connectivity index (χ4v) is 77.5. The van der Waals surface area contributed by atoms with Crippen molar-refractivity contribution >= 4 is 66.7 Å². The van der Waals surface area contributed by atoms with Crippen molar-refractivity contribution in [2.24, 2.45) is 0 Å². The quantitative estimate of drug-likeness (QED) is 0.439. The van der Waals surface area contributed by atoms with Gasteiger partial charge in [0, 0.05) is 0 Å². The Kier molecular flexibility index (Phi) is 5.41. The van der Waals surface area contributed by atoms with Crippen LogP contribution in [0.25, 0.3) is 0 Å². The molecule has 1 aliphatic rings. The van der Waals surface area contributed by atoms with Crippen LogP contribution in [0.15, 0.2) is 0 Å². The number of rotatable bonds is 0. The molecule has 1 saturated heterocycles. The molecule has 0 aromatic heterocycles. The molecule has 1 heterocycles. The monoisotopic (exact) mass is 516 g/mol. The number of hydrogen-bond donors (Lipinski definition) is 0. The van der Waals surface area contributed by atoms with Crippen LogP contribution in [0.2, 0.25) is 33.1 Å². The molecule has 0 bridgehead atoms. The van der Waals surface area contributed by atoms with E-state index in [-0.39, 0.29) is 0 Å². The SMILES string of the molecule is [CH3][Sn]1([CH3])[CH2][Se][CH2][Sn]([CH3])([CH3])[CH2][Se][CH2]1. The van der Waals surface area contributed by atoms with Crippen molar-refractivity contribution in [2.45, 2.75) is 33.1 Å². The fourth-order valence-electron chi connectivity index (χ4n) is 1.29. The van der Waals surface area contributed by atoms with Crippen LogP contribution in [-0.4, -0.2) is 66.7 Å². The first-order chi connectivity index (χ1) is 5.41. The zero-order valence-corrected chi connectivity index (χ0v) is 17.8. The van der Waals surface area contributed by atoms with E-state index in [9.17, 15) is 0 Å². The minimum absolute atomic E-state index is 1.09. The van der Waals surface area contributed by atoms with Crippen LogP contribution >= 0.6 is 0 Å². The van der Waals surface area contributed by atoms with E-state index in [0.717, 1.165) is 29.9 Å². The van der Waals surface area contributed by atoms with Gasteiger partial charge >= 0.3 is 99.8 Å². The van der Waals surface area contributed by atoms with Crippen LogP contribution in [0.1, 0.15) is 0 Å². The third-order valence-electron chi connectivity index (χ3n) is 1.97. The van der Waals surface area contributed by atoms with Gasteiger partial charge < -0.3 is 0 Å². The van der Waals surface area contributed by atoms with Crippen LogP contribution in [0, 0.1) is 0 Å². The second-order valence-corrected chi connectivity index (χ2v) is 51.3. The first kappa shape index (κ1) is 12.7. The van der Waals surface area contributed by atoms with Crippen molar-refractivity contribution < 1.29 is 0 Å². The van der Waals surface area contributed by atoms with Crippen molar-refractivity contribution in [2.75, 3.05) is 0 Å². The summed E-state index contributed by atoms with van der Waals surface area (Å²) in [5.41, 5.74) is 0. The van der Waals surface area contributed by atoms with Gasteiger partial charge in [-0.3, -0.25) is 0 Å². The predicted octanol–water partition coefficient (Wildman–Crippen LogP) is 2.66. The van der Waals surface area contributed by atoms with Gasteiger partial charge in [0.25, 0.3) is 0 Å². The molecule has 0 atom stereocenters. The maximum absolute atomic E-state index is 2.69. The first-order valence-corrected chi connectivity index (χ1v) is 28.9. The van der Waals surface area contributed by atoms with E-state index in [0.29, 0.717) is 0 Å². The molecule has 1 fully saturated rings. The fraction of sp³-hybridized carbons (Fsp3) is 1.00. The summed E-state index contributed by atoms with van der Waals surface area (Å²) in [5.74, 6) is 0. The second-order valence-electron chi connectivity index (χ2n) is 5.31. The van der Waals surface area contributed by atoms with E-state index in [2.05, 4.69) is 19.8 Å². The van der Waals surface area contributed by atoms with Gasteiger partial charge in [-0.25, -0.2) is 0 Å². The molecule has 0 aromatic carbocycles. The Labute approximate surface area is 98.1 Å². The molecular formula is C8H20Se2Sn2. The van der Waals surface area contributed by atoms with E-state index >= 15 is 0 Å². The maximum atomic E-state index is 2.69. The Morgan fingerprint density at radius 1 is 0.667 bits per heavy atom. The van der Waals surface area contributed by atoms with E-state index in [1.165, 1.54) is 0 Å². The van der Waals surface area contributed by atoms with Crippen molar-refractivity contribution in [3.05, 3.63) is 0 Å². The van der Waals surface area contributed by atoms with Gasteiger partial charge in [-0.1, -0.05) is 0 Å². The molecule has 12 heavy (non-hydrogen) atoms. The van der Waals surface area contributed by atoms with Gasteiger partial charge in [-0.15, -0.1) is 0 Å². The molecule has 0 spiro atoms. The number of hydrogen-bond acceptors (Lipinski definition) is 0. The summed E-state index contributed by atoms with van der Waals surface area (Å²) in [7, 11) is 0. The standard InChI is InChI=1S/2C2H4Se.4CH3.2Sn/c2*1-3-2;;;;;;/h2*1-2H2;4*1H3;;. The molecule has 0 unspecified atom stereocenters. The average Bonchev–Trinajstić information content (AvgIpc) is 1.82. The Morgan fingerprint density at radius 2 is 0.917 bits per heavy atom. The molecule has 0 aromatic rings. The summed E-state index contributed by atoms with van der Waals surface area (Å²) in [6.07, 6.45) is 0. The van der Waals surface area contributed by atoms with Crippen LogP contribution in [0.3, 0.4) is 0 Å². The van der Waals surface area contributed by atoms with Crippen LogP contribution < -0.4 is 0 Å². The van der Waals surface area contributed by atoms with Crippen molar-refractivity contribution in [1.29, 1.82) is 0 Å². The van der Waals surface area contributed by atoms with Crippen molar-refractivity contribution in [3.8, 4) is 0 Å². The average molecular weight is 512 g/mol. The Hall–Kier alpha value is 2.64. The van der Waals surface area contributed by atoms with Gasteiger partial charge in [0.1, 0.15) is 0 Å². The normalized spacial score (nSPS) is 29.0. The van der Waals surface area contributed by atoms with E-state index in [4.69, 9.17) is 0 Å². The summed E-state index contributed by atoms with van der Waals surface area (Å²) in [6, 6.07) is 0. The third-order valence-corrected chi connectivity index (χ3v) is 68.7. The molecule has 0 amide bonds. The van der Waals surface area contributed by atoms with E-state index in [1.54, 1.807) is 13.3 Å². The van der Waals surface area contributed by atoms with Gasteiger partial charge in [0.05, 0.1) is 0 Å². The molecule has 0 radical (unpaired) electrons. The summed E-state index contributed by atoms with van der Waals surface area (Å²) in [4.78, 5) is 10.7. The first-order valence-electron chi connectivity index (χ1n) is 4.57. The summed E-state index contributed by atoms with van der Waals surface area (Å²) >= 11 is -0.497. The van der Waals surface area contributed by atoms with Crippen LogP contribution in [0.4, 0.5) is 0 Å². The van der Waals surface area contributed by atoms with Crippen molar-refractivity contribution in [3.63, 3.8) is 0 Å². The second kappa shape index (κ2) is 5.11. The Morgan fingerprint density at radius 3 is 1.17 bits per heavy atom. The topological polar surface area (TPSA) is 0 Å². The molecule has 1 rings (SSSR count). The van der Waals surface area contributed by atoms with Crippen LogP contribution in [-0.2, 0) is 0 Å². The van der Waals surface area contributed by atoms with Gasteiger partial charge in [-0.2, -0.15) is 0 Å². The van der Waals surface area contributed by atoms with Gasteiger partial charge in [0.15, 0.2) is 0 Å². The van der Waals surface area contributed by atoms with Crippen molar-refractivity contribution in [1.82, 2.24) is 0 Å². The van der Waals surface area contributed by atoms with E-state index in [1.807, 2.05) is 0 Å².